The van der Waals surface area contributed by atoms with Gasteiger partial charge in [-0.25, -0.2) is 4.39 Å². The standard InChI is InChI=1S/C15H14FN5O2S/c16-12-3-1-10(2-4-12)8-18-14-6-5-13(21(22)23)7-11(14)9-19-20-15(17)24/h1-7,9,18H,8H2,(H3,17,20,24). The van der Waals surface area contributed by atoms with Crippen molar-refractivity contribution in [1.82, 2.24) is 5.43 Å². The summed E-state index contributed by atoms with van der Waals surface area (Å²) in [4.78, 5) is 10.4. The average molecular weight is 347 g/mol. The molecule has 0 radical (unpaired) electrons. The lowest BCUT2D eigenvalue weighted by Crippen LogP contribution is -2.24. The van der Waals surface area contributed by atoms with Crippen LogP contribution in [-0.4, -0.2) is 16.3 Å². The first-order chi connectivity index (χ1) is 11.5. The SMILES string of the molecule is NC(=S)NN=Cc1cc([N+](=O)[O-])ccc1NCc1ccc(F)cc1. The topological polar surface area (TPSA) is 106 Å². The number of nitrogens with zero attached hydrogens (tertiary/aromatic N) is 2. The van der Waals surface area contributed by atoms with Crippen LogP contribution in [0.3, 0.4) is 0 Å². The first kappa shape index (κ1) is 17.3. The van der Waals surface area contributed by atoms with E-state index in [0.29, 0.717) is 17.8 Å². The summed E-state index contributed by atoms with van der Waals surface area (Å²) in [6.45, 7) is 0.418. The predicted octanol–water partition coefficient (Wildman–Crippen LogP) is 2.51. The normalized spacial score (nSPS) is 10.5. The summed E-state index contributed by atoms with van der Waals surface area (Å²) >= 11 is 4.64. The third kappa shape index (κ3) is 4.99. The van der Waals surface area contributed by atoms with Crippen LogP contribution in [0.5, 0.6) is 0 Å². The molecule has 2 rings (SSSR count). The van der Waals surface area contributed by atoms with Gasteiger partial charge in [0.25, 0.3) is 5.69 Å². The van der Waals surface area contributed by atoms with Crippen molar-refractivity contribution in [2.45, 2.75) is 6.54 Å². The van der Waals surface area contributed by atoms with E-state index in [1.807, 2.05) is 0 Å². The minimum Gasteiger partial charge on any atom is -0.380 e. The Morgan fingerprint density at radius 3 is 2.67 bits per heavy atom. The van der Waals surface area contributed by atoms with E-state index in [2.05, 4.69) is 28.1 Å². The zero-order valence-corrected chi connectivity index (χ0v) is 13.2. The zero-order chi connectivity index (χ0) is 17.5. The van der Waals surface area contributed by atoms with E-state index in [9.17, 15) is 14.5 Å². The van der Waals surface area contributed by atoms with Crippen molar-refractivity contribution < 1.29 is 9.31 Å². The van der Waals surface area contributed by atoms with Gasteiger partial charge in [0, 0.05) is 29.9 Å². The maximum atomic E-state index is 12.9. The molecule has 0 spiro atoms. The predicted molar refractivity (Wildman–Crippen MR) is 94.3 cm³/mol. The third-order valence-corrected chi connectivity index (χ3v) is 3.11. The smallest absolute Gasteiger partial charge is 0.270 e. The van der Waals surface area contributed by atoms with Crippen molar-refractivity contribution in [1.29, 1.82) is 0 Å². The maximum absolute atomic E-state index is 12.9. The Morgan fingerprint density at radius 1 is 1.33 bits per heavy atom. The summed E-state index contributed by atoms with van der Waals surface area (Å²) in [5.74, 6) is -0.314. The number of thiocarbonyl (C=S) groups is 1. The number of non-ortho nitro benzene ring substituents is 1. The molecule has 0 amide bonds. The quantitative estimate of drug-likeness (QED) is 0.321. The summed E-state index contributed by atoms with van der Waals surface area (Å²) in [7, 11) is 0. The minimum atomic E-state index is -0.498. The highest BCUT2D eigenvalue weighted by atomic mass is 32.1. The van der Waals surface area contributed by atoms with Gasteiger partial charge < -0.3 is 11.1 Å². The Hall–Kier alpha value is -3.07. The number of nitrogens with two attached hydrogens (primary N) is 1. The molecule has 4 N–H and O–H groups in total. The number of nitrogens with one attached hydrogen (secondary N) is 2. The second kappa shape index (κ2) is 7.97. The minimum absolute atomic E-state index is 0.0162. The zero-order valence-electron chi connectivity index (χ0n) is 12.4. The Labute approximate surface area is 142 Å². The van der Waals surface area contributed by atoms with E-state index in [1.165, 1.54) is 30.5 Å². The second-order valence-electron chi connectivity index (χ2n) is 4.74. The molecule has 9 heteroatoms. The molecule has 0 aliphatic heterocycles. The monoisotopic (exact) mass is 347 g/mol. The fourth-order valence-corrected chi connectivity index (χ4v) is 1.95. The van der Waals surface area contributed by atoms with Crippen LogP contribution in [0.4, 0.5) is 15.8 Å². The van der Waals surface area contributed by atoms with Crippen LogP contribution >= 0.6 is 12.2 Å². The summed E-state index contributed by atoms with van der Waals surface area (Å²) in [6.07, 6.45) is 1.37. The number of hydrogen-bond acceptors (Lipinski definition) is 5. The van der Waals surface area contributed by atoms with Crippen LogP contribution in [0.1, 0.15) is 11.1 Å². The fourth-order valence-electron chi connectivity index (χ4n) is 1.90. The third-order valence-electron chi connectivity index (χ3n) is 3.02. The maximum Gasteiger partial charge on any atom is 0.270 e. The lowest BCUT2D eigenvalue weighted by molar-refractivity contribution is -0.384. The molecule has 2 aromatic rings. The van der Waals surface area contributed by atoms with E-state index in [0.717, 1.165) is 5.56 Å². The molecular formula is C15H14FN5O2S. The number of halogens is 1. The number of hydrazone groups is 1. The van der Waals surface area contributed by atoms with Gasteiger partial charge in [0.2, 0.25) is 0 Å². The number of anilines is 1. The first-order valence-electron chi connectivity index (χ1n) is 6.81. The molecule has 0 heterocycles. The molecule has 0 aliphatic carbocycles. The van der Waals surface area contributed by atoms with E-state index >= 15 is 0 Å². The molecule has 124 valence electrons. The number of rotatable bonds is 6. The molecule has 0 aromatic heterocycles. The Bertz CT molecular complexity index is 780. The number of nitro groups is 1. The van der Waals surface area contributed by atoms with Crippen LogP contribution in [0.15, 0.2) is 47.6 Å². The number of nitro benzene ring substituents is 1. The van der Waals surface area contributed by atoms with Crippen molar-refractivity contribution in [2.24, 2.45) is 10.8 Å². The van der Waals surface area contributed by atoms with E-state index in [4.69, 9.17) is 5.73 Å². The Balaban J connectivity index is 2.20. The van der Waals surface area contributed by atoms with Gasteiger partial charge in [-0.1, -0.05) is 12.1 Å². The van der Waals surface area contributed by atoms with Gasteiger partial charge in [-0.2, -0.15) is 5.10 Å². The molecule has 0 fully saturated rings. The van der Waals surface area contributed by atoms with Gasteiger partial charge in [-0.3, -0.25) is 15.5 Å². The fraction of sp³-hybridized carbons (Fsp3) is 0.0667. The van der Waals surface area contributed by atoms with Crippen molar-refractivity contribution in [3.63, 3.8) is 0 Å². The van der Waals surface area contributed by atoms with Gasteiger partial charge >= 0.3 is 0 Å². The highest BCUT2D eigenvalue weighted by Crippen LogP contribution is 2.21. The molecule has 7 nitrogen and oxygen atoms in total. The lowest BCUT2D eigenvalue weighted by atomic mass is 10.1. The molecular weight excluding hydrogens is 333 g/mol. The second-order valence-corrected chi connectivity index (χ2v) is 5.18. The van der Waals surface area contributed by atoms with Crippen LogP contribution < -0.4 is 16.5 Å². The molecule has 24 heavy (non-hydrogen) atoms. The van der Waals surface area contributed by atoms with Gasteiger partial charge in [0.05, 0.1) is 11.1 Å². The van der Waals surface area contributed by atoms with Crippen molar-refractivity contribution >= 4 is 34.9 Å². The van der Waals surface area contributed by atoms with Gasteiger partial charge in [-0.15, -0.1) is 0 Å². The summed E-state index contributed by atoms with van der Waals surface area (Å²) in [5.41, 5.74) is 9.56. The Morgan fingerprint density at radius 2 is 2.04 bits per heavy atom. The average Bonchev–Trinajstić information content (AvgIpc) is 2.54. The molecule has 0 saturated carbocycles. The van der Waals surface area contributed by atoms with Crippen molar-refractivity contribution in [3.8, 4) is 0 Å². The van der Waals surface area contributed by atoms with E-state index in [1.54, 1.807) is 18.2 Å². The van der Waals surface area contributed by atoms with Gasteiger partial charge in [0.15, 0.2) is 5.11 Å². The lowest BCUT2D eigenvalue weighted by Gasteiger charge is -2.10. The highest BCUT2D eigenvalue weighted by molar-refractivity contribution is 7.80. The molecule has 0 unspecified atom stereocenters. The highest BCUT2D eigenvalue weighted by Gasteiger charge is 2.09. The van der Waals surface area contributed by atoms with Crippen LogP contribution in [0, 0.1) is 15.9 Å². The number of benzene rings is 2. The summed E-state index contributed by atoms with van der Waals surface area (Å²) in [5, 5.41) is 17.8. The van der Waals surface area contributed by atoms with Crippen LogP contribution in [0.2, 0.25) is 0 Å². The first-order valence-corrected chi connectivity index (χ1v) is 7.22. The molecule has 2 aromatic carbocycles. The molecule has 0 saturated heterocycles. The Kier molecular flexibility index (Phi) is 5.74. The van der Waals surface area contributed by atoms with Gasteiger partial charge in [-0.05, 0) is 36.0 Å². The van der Waals surface area contributed by atoms with Crippen LogP contribution in [0.25, 0.3) is 0 Å². The molecule has 0 aliphatic rings. The summed E-state index contributed by atoms with van der Waals surface area (Å²) in [6, 6.07) is 10.3. The van der Waals surface area contributed by atoms with Crippen LogP contribution in [-0.2, 0) is 6.54 Å². The number of hydrogen-bond donors (Lipinski definition) is 3. The van der Waals surface area contributed by atoms with E-state index in [-0.39, 0.29) is 16.6 Å². The van der Waals surface area contributed by atoms with Crippen molar-refractivity contribution in [2.75, 3.05) is 5.32 Å². The van der Waals surface area contributed by atoms with Gasteiger partial charge in [0.1, 0.15) is 5.82 Å². The van der Waals surface area contributed by atoms with Crippen molar-refractivity contribution in [3.05, 3.63) is 69.5 Å². The largest absolute Gasteiger partial charge is 0.380 e. The van der Waals surface area contributed by atoms with E-state index < -0.39 is 4.92 Å². The molecule has 0 atom stereocenters. The molecule has 0 bridgehead atoms. The summed E-state index contributed by atoms with van der Waals surface area (Å²) < 4.78 is 12.9.